The Balaban J connectivity index is 1.52. The van der Waals surface area contributed by atoms with Crippen LogP contribution in [0.2, 0.25) is 10.0 Å². The molecule has 0 N–H and O–H groups in total. The van der Waals surface area contributed by atoms with E-state index in [4.69, 9.17) is 23.2 Å². The fraction of sp³-hybridized carbons (Fsp3) is 0.0833. The van der Waals surface area contributed by atoms with E-state index in [1.54, 1.807) is 0 Å². The number of thiophene rings is 1. The van der Waals surface area contributed by atoms with Crippen molar-refractivity contribution in [3.63, 3.8) is 0 Å². The van der Waals surface area contributed by atoms with Crippen LogP contribution in [-0.4, -0.2) is 70.6 Å². The zero-order valence-electron chi connectivity index (χ0n) is 38.1. The second-order valence-corrected chi connectivity index (χ2v) is 23.0. The standard InChI is InChI=1S/C48H48B9Cl2NS2/c1-48(2,3)25-19-21-26(22-20-25)60(45-35-36(49)33(39(52)43(56)46(35)61-47(45)57)34-37(50)40(53)42(55)41(54)38(34)51)32-24-30(23-31(58)44(32)59)62(27-13-7-4-8-14-27,28-15-9-5-10-16-28)29-17-11-6-12-18-29/h4-24H,49-57H2,1-3H3. The molecule has 0 atom stereocenters. The second-order valence-electron chi connectivity index (χ2n) is 17.9. The van der Waals surface area contributed by atoms with Crippen molar-refractivity contribution >= 4 is 191 Å². The van der Waals surface area contributed by atoms with Gasteiger partial charge in [0.05, 0.1) is 21.4 Å². The number of rotatable bonds is 8. The lowest BCUT2D eigenvalue weighted by Gasteiger charge is -2.43. The summed E-state index contributed by atoms with van der Waals surface area (Å²) >= 11 is 17.1. The van der Waals surface area contributed by atoms with E-state index < -0.39 is 10.0 Å². The first-order chi connectivity index (χ1) is 29.5. The minimum Gasteiger partial charge on any atom is -0.308 e. The molecular weight excluding hydrogens is 823 g/mol. The van der Waals surface area contributed by atoms with Crippen molar-refractivity contribution in [2.75, 3.05) is 4.90 Å². The summed E-state index contributed by atoms with van der Waals surface area (Å²) in [5, 5.41) is 2.30. The SMILES string of the molecule is Bc1sc2c(B)c(B)c(-c3c(B)c(B)c(B)c(B)c3B)c(B)c2c1N(c1ccc(C(C)(C)C)cc1)c1cc(S(c2ccccc2)(c2ccccc2)c2ccccc2)cc(Cl)c1Cl. The topological polar surface area (TPSA) is 3.24 Å². The molecule has 1 nitrogen and oxygen atoms in total. The highest BCUT2D eigenvalue weighted by molar-refractivity contribution is 8.34. The second kappa shape index (κ2) is 17.1. The van der Waals surface area contributed by atoms with Gasteiger partial charge in [0.15, 0.2) is 7.85 Å². The third-order valence-corrected chi connectivity index (χ3v) is 19.3. The quantitative estimate of drug-likeness (QED) is 0.199. The van der Waals surface area contributed by atoms with Gasteiger partial charge >= 0.3 is 0 Å². The Kier molecular flexibility index (Phi) is 12.2. The smallest absolute Gasteiger partial charge is 0.155 e. The van der Waals surface area contributed by atoms with Crippen LogP contribution in [0.1, 0.15) is 26.3 Å². The van der Waals surface area contributed by atoms with Gasteiger partial charge in [-0.25, -0.2) is 0 Å². The highest BCUT2D eigenvalue weighted by atomic mass is 35.5. The average Bonchev–Trinajstić information content (AvgIpc) is 3.62. The van der Waals surface area contributed by atoms with Gasteiger partial charge in [-0.2, -0.15) is 0 Å². The van der Waals surface area contributed by atoms with E-state index in [1.807, 2.05) is 11.3 Å². The number of benzene rings is 7. The molecule has 0 radical (unpaired) electrons. The maximum atomic E-state index is 7.68. The Bertz CT molecular complexity index is 2890. The first kappa shape index (κ1) is 44.4. The Labute approximate surface area is 392 Å². The van der Waals surface area contributed by atoms with Gasteiger partial charge in [0.2, 0.25) is 0 Å². The Hall–Kier alpha value is -4.19. The van der Waals surface area contributed by atoms with Crippen molar-refractivity contribution < 1.29 is 0 Å². The van der Waals surface area contributed by atoms with Crippen molar-refractivity contribution in [2.45, 2.75) is 45.8 Å². The van der Waals surface area contributed by atoms with E-state index in [-0.39, 0.29) is 5.41 Å². The van der Waals surface area contributed by atoms with E-state index in [0.29, 0.717) is 10.0 Å². The summed E-state index contributed by atoms with van der Waals surface area (Å²) in [6.07, 6.45) is 0. The van der Waals surface area contributed by atoms with Crippen molar-refractivity contribution in [1.29, 1.82) is 0 Å². The molecule has 0 saturated carbocycles. The van der Waals surface area contributed by atoms with Gasteiger partial charge in [-0.3, -0.25) is 0 Å². The lowest BCUT2D eigenvalue weighted by atomic mass is 9.57. The van der Waals surface area contributed by atoms with Crippen LogP contribution in [0.4, 0.5) is 17.1 Å². The Morgan fingerprint density at radius 3 is 1.40 bits per heavy atom. The molecule has 0 spiro atoms. The van der Waals surface area contributed by atoms with E-state index in [0.717, 1.165) is 22.0 Å². The molecule has 298 valence electrons. The molecule has 0 bridgehead atoms. The monoisotopic (exact) mass is 871 g/mol. The van der Waals surface area contributed by atoms with Crippen molar-refractivity contribution in [3.8, 4) is 11.1 Å². The molecule has 0 unspecified atom stereocenters. The normalized spacial score (nSPS) is 12.1. The highest BCUT2D eigenvalue weighted by Gasteiger charge is 2.36. The molecule has 0 aliphatic rings. The summed E-state index contributed by atoms with van der Waals surface area (Å²) in [6.45, 7) is 6.80. The number of halogens is 2. The predicted octanol–water partition coefficient (Wildman–Crippen LogP) is 0.309. The summed E-state index contributed by atoms with van der Waals surface area (Å²) in [7, 11) is 18.6. The molecule has 0 aliphatic heterocycles. The maximum absolute atomic E-state index is 7.68. The molecular formula is C48H48B9Cl2NS2. The van der Waals surface area contributed by atoms with E-state index in [1.165, 1.54) is 89.9 Å². The maximum Gasteiger partial charge on any atom is 0.155 e. The summed E-state index contributed by atoms with van der Waals surface area (Å²) in [5.41, 5.74) is 17.7. The molecule has 7 aromatic carbocycles. The molecule has 1 heterocycles. The van der Waals surface area contributed by atoms with Gasteiger partial charge in [0.25, 0.3) is 0 Å². The molecule has 0 aliphatic carbocycles. The number of anilines is 3. The van der Waals surface area contributed by atoms with Gasteiger partial charge < -0.3 is 4.90 Å². The van der Waals surface area contributed by atoms with Crippen LogP contribution in [0.25, 0.3) is 21.2 Å². The van der Waals surface area contributed by atoms with Crippen LogP contribution in [0, 0.1) is 0 Å². The molecule has 8 aromatic rings. The Morgan fingerprint density at radius 2 is 0.935 bits per heavy atom. The third-order valence-electron chi connectivity index (χ3n) is 13.4. The molecule has 0 fully saturated rings. The van der Waals surface area contributed by atoms with Crippen LogP contribution < -0.4 is 53.4 Å². The van der Waals surface area contributed by atoms with Crippen molar-refractivity contribution in [1.82, 2.24) is 0 Å². The predicted molar refractivity (Wildman–Crippen MR) is 304 cm³/mol. The Morgan fingerprint density at radius 1 is 0.500 bits per heavy atom. The van der Waals surface area contributed by atoms with Gasteiger partial charge in [-0.1, -0.05) is 138 Å². The van der Waals surface area contributed by atoms with E-state index in [2.05, 4.69) is 224 Å². The fourth-order valence-electron chi connectivity index (χ4n) is 9.51. The first-order valence-electron chi connectivity index (χ1n) is 21.5. The summed E-state index contributed by atoms with van der Waals surface area (Å²) in [6, 6.07) is 46.4. The van der Waals surface area contributed by atoms with Crippen molar-refractivity contribution in [3.05, 3.63) is 143 Å². The van der Waals surface area contributed by atoms with Crippen LogP contribution >= 0.6 is 44.6 Å². The molecule has 14 heteroatoms. The molecule has 8 rings (SSSR count). The van der Waals surface area contributed by atoms with Gasteiger partial charge in [-0.15, -0.1) is 37.8 Å². The van der Waals surface area contributed by atoms with E-state index in [9.17, 15) is 0 Å². The van der Waals surface area contributed by atoms with Gasteiger partial charge in [0, 0.05) is 35.4 Å². The van der Waals surface area contributed by atoms with Gasteiger partial charge in [-0.05, 0) is 87.5 Å². The lowest BCUT2D eigenvalue weighted by molar-refractivity contribution is 0.590. The minimum atomic E-state index is -2.09. The minimum absolute atomic E-state index is 0.0145. The lowest BCUT2D eigenvalue weighted by Crippen LogP contribution is -2.56. The summed E-state index contributed by atoms with van der Waals surface area (Å²) in [5.74, 6) is 0. The summed E-state index contributed by atoms with van der Waals surface area (Å²) < 4.78 is 2.53. The van der Waals surface area contributed by atoms with Crippen LogP contribution in [-0.2, 0) is 5.41 Å². The number of hydrogen-bond donors (Lipinski definition) is 0. The molecule has 0 amide bonds. The number of nitrogens with zero attached hydrogens (tertiary/aromatic N) is 1. The zero-order valence-corrected chi connectivity index (χ0v) is 41.3. The van der Waals surface area contributed by atoms with Crippen LogP contribution in [0.5, 0.6) is 0 Å². The van der Waals surface area contributed by atoms with E-state index >= 15 is 0 Å². The van der Waals surface area contributed by atoms with Crippen molar-refractivity contribution in [2.24, 2.45) is 0 Å². The highest BCUT2D eigenvalue weighted by Crippen LogP contribution is 2.74. The zero-order chi connectivity index (χ0) is 44.4. The van der Waals surface area contributed by atoms with Crippen LogP contribution in [0.15, 0.2) is 147 Å². The summed E-state index contributed by atoms with van der Waals surface area (Å²) in [4.78, 5) is 7.20. The fourth-order valence-corrected chi connectivity index (χ4v) is 15.1. The number of hydrogen-bond acceptors (Lipinski definition) is 2. The van der Waals surface area contributed by atoms with Crippen LogP contribution in [0.3, 0.4) is 0 Å². The number of fused-ring (bicyclic) bond motifs is 1. The first-order valence-corrected chi connectivity index (χ1v) is 24.7. The molecule has 62 heavy (non-hydrogen) atoms. The third kappa shape index (κ3) is 7.28. The molecule has 0 saturated heterocycles. The molecule has 1 aromatic heterocycles. The largest absolute Gasteiger partial charge is 0.308 e. The van der Waals surface area contributed by atoms with Gasteiger partial charge in [0.1, 0.15) is 62.8 Å². The average molecular weight is 871 g/mol.